The highest BCUT2D eigenvalue weighted by molar-refractivity contribution is 8.00. The Kier molecular flexibility index (Phi) is 5.64. The van der Waals surface area contributed by atoms with Gasteiger partial charge in [-0.05, 0) is 31.2 Å². The summed E-state index contributed by atoms with van der Waals surface area (Å²) in [4.78, 5) is 14.9. The third-order valence-electron chi connectivity index (χ3n) is 4.12. The van der Waals surface area contributed by atoms with E-state index in [0.717, 1.165) is 10.6 Å². The smallest absolute Gasteiger partial charge is 0.257 e. The van der Waals surface area contributed by atoms with Gasteiger partial charge in [0, 0.05) is 11.6 Å². The second-order valence-electron chi connectivity index (χ2n) is 5.94. The van der Waals surface area contributed by atoms with Crippen molar-refractivity contribution >= 4 is 27.7 Å². The summed E-state index contributed by atoms with van der Waals surface area (Å²) in [5, 5.41) is 0.600. The number of nitrogens with zero attached hydrogens (tertiary/aromatic N) is 1. The van der Waals surface area contributed by atoms with Crippen molar-refractivity contribution in [3.8, 4) is 11.5 Å². The number of carbonyl (C=O) groups is 1. The average molecular weight is 409 g/mol. The standard InChI is InChI=1S/C18H20N2O5S2/c1-12-4-7-14(8-5-12)27(22,23)19-20-17(21)11-26-18(20)15-9-6-13(24-2)10-16(15)25-3/h4-10,18-19H,11H2,1-3H3. The van der Waals surface area contributed by atoms with E-state index in [-0.39, 0.29) is 16.6 Å². The summed E-state index contributed by atoms with van der Waals surface area (Å²) in [6.45, 7) is 1.87. The van der Waals surface area contributed by atoms with E-state index in [0.29, 0.717) is 17.1 Å². The van der Waals surface area contributed by atoms with Gasteiger partial charge in [0.25, 0.3) is 10.0 Å². The minimum atomic E-state index is -3.89. The molecule has 7 nitrogen and oxygen atoms in total. The van der Waals surface area contributed by atoms with Gasteiger partial charge in [-0.3, -0.25) is 4.79 Å². The molecule has 1 atom stereocenters. The third-order valence-corrected chi connectivity index (χ3v) is 6.65. The van der Waals surface area contributed by atoms with Gasteiger partial charge < -0.3 is 9.47 Å². The number of hydrazine groups is 1. The number of hydrogen-bond donors (Lipinski definition) is 1. The van der Waals surface area contributed by atoms with Gasteiger partial charge in [-0.25, -0.2) is 13.4 Å². The molecule has 1 aliphatic heterocycles. The van der Waals surface area contributed by atoms with Crippen LogP contribution in [0, 0.1) is 6.92 Å². The molecule has 9 heteroatoms. The van der Waals surface area contributed by atoms with Gasteiger partial charge >= 0.3 is 0 Å². The Balaban J connectivity index is 1.92. The number of ether oxygens (including phenoxy) is 2. The quantitative estimate of drug-likeness (QED) is 0.791. The van der Waals surface area contributed by atoms with Crippen LogP contribution in [-0.2, 0) is 14.8 Å². The molecule has 0 radical (unpaired) electrons. The van der Waals surface area contributed by atoms with Crippen molar-refractivity contribution in [1.82, 2.24) is 9.84 Å². The molecule has 1 saturated heterocycles. The molecule has 1 aliphatic rings. The fourth-order valence-electron chi connectivity index (χ4n) is 2.67. The van der Waals surface area contributed by atoms with E-state index in [2.05, 4.69) is 4.83 Å². The third kappa shape index (κ3) is 4.05. The van der Waals surface area contributed by atoms with Crippen LogP contribution in [0.5, 0.6) is 11.5 Å². The molecule has 1 heterocycles. The first-order valence-corrected chi connectivity index (χ1v) is 10.6. The SMILES string of the molecule is COc1ccc(C2SCC(=O)N2NS(=O)(=O)c2ccc(C)cc2)c(OC)c1. The molecule has 0 spiro atoms. The van der Waals surface area contributed by atoms with Crippen LogP contribution in [0.1, 0.15) is 16.5 Å². The topological polar surface area (TPSA) is 84.9 Å². The number of aryl methyl sites for hydroxylation is 1. The fourth-order valence-corrected chi connectivity index (χ4v) is 4.94. The minimum absolute atomic E-state index is 0.0956. The van der Waals surface area contributed by atoms with Crippen molar-refractivity contribution in [2.24, 2.45) is 0 Å². The van der Waals surface area contributed by atoms with E-state index in [1.54, 1.807) is 37.4 Å². The Morgan fingerprint density at radius 3 is 2.44 bits per heavy atom. The Morgan fingerprint density at radius 2 is 1.81 bits per heavy atom. The maximum absolute atomic E-state index is 12.7. The number of methoxy groups -OCH3 is 2. The number of thioether (sulfide) groups is 1. The zero-order valence-electron chi connectivity index (χ0n) is 15.1. The van der Waals surface area contributed by atoms with Gasteiger partial charge in [-0.15, -0.1) is 16.6 Å². The molecule has 0 aromatic heterocycles. The molecule has 0 bridgehead atoms. The molecule has 3 rings (SSSR count). The van der Waals surface area contributed by atoms with Crippen LogP contribution in [-0.4, -0.2) is 39.3 Å². The highest BCUT2D eigenvalue weighted by atomic mass is 32.2. The molecule has 27 heavy (non-hydrogen) atoms. The number of carbonyl (C=O) groups excluding carboxylic acids is 1. The lowest BCUT2D eigenvalue weighted by molar-refractivity contribution is -0.129. The zero-order valence-corrected chi connectivity index (χ0v) is 16.8. The normalized spacial score (nSPS) is 17.2. The summed E-state index contributed by atoms with van der Waals surface area (Å²) >= 11 is 1.32. The first-order valence-electron chi connectivity index (χ1n) is 8.10. The lowest BCUT2D eigenvalue weighted by atomic mass is 10.2. The van der Waals surface area contributed by atoms with Gasteiger partial charge in [0.1, 0.15) is 16.9 Å². The molecular formula is C18H20N2O5S2. The lowest BCUT2D eigenvalue weighted by Gasteiger charge is -2.25. The molecule has 1 unspecified atom stereocenters. The van der Waals surface area contributed by atoms with Crippen LogP contribution >= 0.6 is 11.8 Å². The summed E-state index contributed by atoms with van der Waals surface area (Å²) in [6, 6.07) is 11.6. The van der Waals surface area contributed by atoms with Crippen molar-refractivity contribution < 1.29 is 22.7 Å². The predicted molar refractivity (Wildman–Crippen MR) is 103 cm³/mol. The maximum atomic E-state index is 12.7. The van der Waals surface area contributed by atoms with Gasteiger partial charge in [-0.2, -0.15) is 0 Å². The zero-order chi connectivity index (χ0) is 19.6. The molecule has 1 amide bonds. The summed E-state index contributed by atoms with van der Waals surface area (Å²) in [6.07, 6.45) is 0. The molecule has 0 saturated carbocycles. The van der Waals surface area contributed by atoms with E-state index in [4.69, 9.17) is 9.47 Å². The fraction of sp³-hybridized carbons (Fsp3) is 0.278. The molecular weight excluding hydrogens is 388 g/mol. The Morgan fingerprint density at radius 1 is 1.11 bits per heavy atom. The summed E-state index contributed by atoms with van der Waals surface area (Å²) in [5.74, 6) is 0.965. The number of rotatable bonds is 6. The van der Waals surface area contributed by atoms with Crippen molar-refractivity contribution in [3.05, 3.63) is 53.6 Å². The number of hydrogen-bond acceptors (Lipinski definition) is 6. The second kappa shape index (κ2) is 7.79. The van der Waals surface area contributed by atoms with Crippen LogP contribution in [0.15, 0.2) is 47.4 Å². The van der Waals surface area contributed by atoms with E-state index < -0.39 is 15.4 Å². The van der Waals surface area contributed by atoms with Crippen LogP contribution in [0.3, 0.4) is 0 Å². The monoisotopic (exact) mass is 408 g/mol. The molecule has 144 valence electrons. The lowest BCUT2D eigenvalue weighted by Crippen LogP contribution is -2.44. The van der Waals surface area contributed by atoms with Crippen LogP contribution in [0.2, 0.25) is 0 Å². The van der Waals surface area contributed by atoms with E-state index in [9.17, 15) is 13.2 Å². The van der Waals surface area contributed by atoms with Crippen molar-refractivity contribution in [1.29, 1.82) is 0 Å². The summed E-state index contributed by atoms with van der Waals surface area (Å²) in [5.41, 5.74) is 1.63. The Labute approximate surface area is 162 Å². The van der Waals surface area contributed by atoms with Gasteiger partial charge in [0.15, 0.2) is 0 Å². The van der Waals surface area contributed by atoms with Crippen LogP contribution in [0.25, 0.3) is 0 Å². The summed E-state index contributed by atoms with van der Waals surface area (Å²) < 4.78 is 36.0. The molecule has 1 fully saturated rings. The number of amides is 1. The van der Waals surface area contributed by atoms with E-state index >= 15 is 0 Å². The Bertz CT molecular complexity index is 945. The van der Waals surface area contributed by atoms with Crippen molar-refractivity contribution in [2.75, 3.05) is 20.0 Å². The Hall–Kier alpha value is -2.23. The maximum Gasteiger partial charge on any atom is 0.257 e. The number of benzene rings is 2. The van der Waals surface area contributed by atoms with Crippen LogP contribution < -0.4 is 14.3 Å². The highest BCUT2D eigenvalue weighted by Crippen LogP contribution is 2.42. The van der Waals surface area contributed by atoms with E-state index in [1.165, 1.54) is 31.0 Å². The van der Waals surface area contributed by atoms with Gasteiger partial charge in [-0.1, -0.05) is 17.7 Å². The van der Waals surface area contributed by atoms with Gasteiger partial charge in [0.05, 0.1) is 24.9 Å². The first-order chi connectivity index (χ1) is 12.9. The molecule has 1 N–H and O–H groups in total. The second-order valence-corrected chi connectivity index (χ2v) is 8.67. The van der Waals surface area contributed by atoms with Crippen LogP contribution in [0.4, 0.5) is 0 Å². The molecule has 0 aliphatic carbocycles. The number of nitrogens with one attached hydrogen (secondary N) is 1. The number of sulfonamides is 1. The van der Waals surface area contributed by atoms with Crippen molar-refractivity contribution in [3.63, 3.8) is 0 Å². The van der Waals surface area contributed by atoms with E-state index in [1.807, 2.05) is 6.92 Å². The highest BCUT2D eigenvalue weighted by Gasteiger charge is 2.37. The largest absolute Gasteiger partial charge is 0.497 e. The molecule has 2 aromatic rings. The minimum Gasteiger partial charge on any atom is -0.497 e. The predicted octanol–water partition coefficient (Wildman–Crippen LogP) is 2.48. The van der Waals surface area contributed by atoms with Gasteiger partial charge in [0.2, 0.25) is 5.91 Å². The molecule has 2 aromatic carbocycles. The summed E-state index contributed by atoms with van der Waals surface area (Å²) in [7, 11) is -0.830. The van der Waals surface area contributed by atoms with Crippen molar-refractivity contribution in [2.45, 2.75) is 17.2 Å². The first kappa shape index (κ1) is 19.5. The average Bonchev–Trinajstić information content (AvgIpc) is 3.01.